The number of hydrogen-bond acceptors (Lipinski definition) is 3. The first-order valence-corrected chi connectivity index (χ1v) is 4.06. The Bertz CT molecular complexity index is 157. The van der Waals surface area contributed by atoms with E-state index >= 15 is 0 Å². The average molecular weight is 172 g/mol. The van der Waals surface area contributed by atoms with E-state index in [4.69, 9.17) is 11.1 Å². The topological polar surface area (TPSA) is 76.2 Å². The number of primary amides is 1. The number of hydrogen-bond donors (Lipinski definition) is 2. The van der Waals surface area contributed by atoms with E-state index in [1.807, 2.05) is 0 Å². The highest BCUT2D eigenvalue weighted by Crippen LogP contribution is 2.03. The van der Waals surface area contributed by atoms with E-state index in [9.17, 15) is 4.79 Å². The van der Waals surface area contributed by atoms with Crippen molar-refractivity contribution in [1.29, 1.82) is 5.41 Å². The van der Waals surface area contributed by atoms with Crippen LogP contribution in [0.3, 0.4) is 0 Å². The molecule has 70 valence electrons. The molecule has 0 radical (unpaired) electrons. The summed E-state index contributed by atoms with van der Waals surface area (Å²) in [5, 5.41) is 7.14. The van der Waals surface area contributed by atoms with E-state index < -0.39 is 0 Å². The van der Waals surface area contributed by atoms with E-state index in [2.05, 4.69) is 4.74 Å². The summed E-state index contributed by atoms with van der Waals surface area (Å²) in [4.78, 5) is 10.3. The van der Waals surface area contributed by atoms with Crippen LogP contribution >= 0.6 is 0 Å². The van der Waals surface area contributed by atoms with Crippen LogP contribution in [0, 0.1) is 5.41 Å². The fourth-order valence-corrected chi connectivity index (χ4v) is 0.864. The van der Waals surface area contributed by atoms with Crippen LogP contribution in [-0.2, 0) is 9.53 Å². The molecule has 0 aliphatic rings. The predicted octanol–water partition coefficient (Wildman–Crippen LogP) is 1.05. The van der Waals surface area contributed by atoms with Crippen molar-refractivity contribution >= 4 is 11.8 Å². The van der Waals surface area contributed by atoms with Gasteiger partial charge >= 0.3 is 0 Å². The molecule has 4 heteroatoms. The van der Waals surface area contributed by atoms with E-state index in [-0.39, 0.29) is 5.91 Å². The highest BCUT2D eigenvalue weighted by atomic mass is 16.5. The number of methoxy groups -OCH3 is 1. The van der Waals surface area contributed by atoms with Gasteiger partial charge in [0.1, 0.15) is 0 Å². The van der Waals surface area contributed by atoms with Gasteiger partial charge in [0.25, 0.3) is 0 Å². The van der Waals surface area contributed by atoms with E-state index in [1.54, 1.807) is 0 Å². The number of carbonyl (C=O) groups is 1. The van der Waals surface area contributed by atoms with Crippen molar-refractivity contribution in [3.05, 3.63) is 0 Å². The zero-order chi connectivity index (χ0) is 9.40. The van der Waals surface area contributed by atoms with Crippen LogP contribution in [0.15, 0.2) is 0 Å². The molecule has 0 aromatic rings. The van der Waals surface area contributed by atoms with Gasteiger partial charge in [0.15, 0.2) is 5.90 Å². The van der Waals surface area contributed by atoms with E-state index in [0.717, 1.165) is 19.3 Å². The minimum absolute atomic E-state index is 0.253. The van der Waals surface area contributed by atoms with Crippen LogP contribution < -0.4 is 5.73 Å². The Labute approximate surface area is 72.6 Å². The number of carbonyl (C=O) groups excluding carboxylic acids is 1. The Kier molecular flexibility index (Phi) is 6.05. The van der Waals surface area contributed by atoms with Gasteiger partial charge in [0, 0.05) is 12.8 Å². The summed E-state index contributed by atoms with van der Waals surface area (Å²) in [6, 6.07) is 0. The summed E-state index contributed by atoms with van der Waals surface area (Å²) < 4.78 is 4.67. The highest BCUT2D eigenvalue weighted by Gasteiger charge is 1.97. The third-order valence-electron chi connectivity index (χ3n) is 1.57. The smallest absolute Gasteiger partial charge is 0.217 e. The molecule has 0 saturated carbocycles. The lowest BCUT2D eigenvalue weighted by Crippen LogP contribution is -2.09. The first-order chi connectivity index (χ1) is 5.66. The lowest BCUT2D eigenvalue weighted by atomic mass is 10.1. The van der Waals surface area contributed by atoms with Crippen molar-refractivity contribution in [2.75, 3.05) is 7.11 Å². The van der Waals surface area contributed by atoms with Crippen LogP contribution in [0.5, 0.6) is 0 Å². The largest absolute Gasteiger partial charge is 0.484 e. The van der Waals surface area contributed by atoms with Gasteiger partial charge in [0.2, 0.25) is 5.91 Å². The van der Waals surface area contributed by atoms with E-state index in [0.29, 0.717) is 18.7 Å². The number of nitrogens with two attached hydrogens (primary N) is 1. The quantitative estimate of drug-likeness (QED) is 0.357. The summed E-state index contributed by atoms with van der Waals surface area (Å²) in [6.45, 7) is 0. The van der Waals surface area contributed by atoms with Gasteiger partial charge in [-0.3, -0.25) is 10.2 Å². The first-order valence-electron chi connectivity index (χ1n) is 4.06. The number of nitrogens with one attached hydrogen (secondary N) is 1. The SMILES string of the molecule is COC(=N)CCCCCC(N)=O. The maximum atomic E-state index is 10.3. The molecular weight excluding hydrogens is 156 g/mol. The molecule has 0 aliphatic carbocycles. The molecule has 0 aromatic heterocycles. The zero-order valence-electron chi connectivity index (χ0n) is 7.43. The molecule has 0 fully saturated rings. The molecule has 0 spiro atoms. The van der Waals surface area contributed by atoms with Gasteiger partial charge < -0.3 is 10.5 Å². The molecule has 4 nitrogen and oxygen atoms in total. The molecule has 0 rings (SSSR count). The van der Waals surface area contributed by atoms with Crippen molar-refractivity contribution in [3.8, 4) is 0 Å². The second kappa shape index (κ2) is 6.64. The maximum absolute atomic E-state index is 10.3. The van der Waals surface area contributed by atoms with Crippen molar-refractivity contribution in [2.24, 2.45) is 5.73 Å². The minimum atomic E-state index is -0.253. The highest BCUT2D eigenvalue weighted by molar-refractivity contribution is 5.73. The monoisotopic (exact) mass is 172 g/mol. The Balaban J connectivity index is 3.11. The van der Waals surface area contributed by atoms with Gasteiger partial charge in [-0.05, 0) is 12.8 Å². The number of unbranched alkanes of at least 4 members (excludes halogenated alkanes) is 2. The molecule has 0 saturated heterocycles. The predicted molar refractivity (Wildman–Crippen MR) is 47.0 cm³/mol. The molecule has 0 aliphatic heterocycles. The zero-order valence-corrected chi connectivity index (χ0v) is 7.43. The maximum Gasteiger partial charge on any atom is 0.217 e. The standard InChI is InChI=1S/C8H16N2O2/c1-12-8(10)6-4-2-3-5-7(9)11/h10H,2-6H2,1H3,(H2,9,11). The normalized spacial score (nSPS) is 9.42. The fourth-order valence-electron chi connectivity index (χ4n) is 0.864. The molecule has 0 unspecified atom stereocenters. The molecular formula is C8H16N2O2. The van der Waals surface area contributed by atoms with Crippen LogP contribution in [0.1, 0.15) is 32.1 Å². The molecule has 0 bridgehead atoms. The lowest BCUT2D eigenvalue weighted by Gasteiger charge is -2.00. The summed E-state index contributed by atoms with van der Waals surface area (Å²) in [5.41, 5.74) is 4.95. The molecule has 3 N–H and O–H groups in total. The average Bonchev–Trinajstić information content (AvgIpc) is 2.03. The lowest BCUT2D eigenvalue weighted by molar-refractivity contribution is -0.118. The number of rotatable bonds is 6. The molecule has 0 aromatic carbocycles. The van der Waals surface area contributed by atoms with Crippen molar-refractivity contribution < 1.29 is 9.53 Å². The van der Waals surface area contributed by atoms with Crippen molar-refractivity contribution in [1.82, 2.24) is 0 Å². The van der Waals surface area contributed by atoms with Crippen LogP contribution in [0.4, 0.5) is 0 Å². The van der Waals surface area contributed by atoms with Crippen molar-refractivity contribution in [3.63, 3.8) is 0 Å². The summed E-state index contributed by atoms with van der Waals surface area (Å²) >= 11 is 0. The molecule has 1 amide bonds. The Morgan fingerprint density at radius 3 is 2.42 bits per heavy atom. The number of amides is 1. The molecule has 0 heterocycles. The third-order valence-corrected chi connectivity index (χ3v) is 1.57. The van der Waals surface area contributed by atoms with Crippen LogP contribution in [0.25, 0.3) is 0 Å². The Morgan fingerprint density at radius 1 is 1.33 bits per heavy atom. The second-order valence-corrected chi connectivity index (χ2v) is 2.65. The van der Waals surface area contributed by atoms with Crippen molar-refractivity contribution in [2.45, 2.75) is 32.1 Å². The first kappa shape index (κ1) is 10.9. The van der Waals surface area contributed by atoms with Gasteiger partial charge in [-0.15, -0.1) is 0 Å². The summed E-state index contributed by atoms with van der Waals surface area (Å²) in [6.07, 6.45) is 3.72. The Hall–Kier alpha value is -1.06. The minimum Gasteiger partial charge on any atom is -0.484 e. The summed E-state index contributed by atoms with van der Waals surface area (Å²) in [7, 11) is 1.49. The Morgan fingerprint density at radius 2 is 1.92 bits per heavy atom. The molecule has 12 heavy (non-hydrogen) atoms. The van der Waals surface area contributed by atoms with Gasteiger partial charge in [-0.25, -0.2) is 0 Å². The fraction of sp³-hybridized carbons (Fsp3) is 0.750. The van der Waals surface area contributed by atoms with Gasteiger partial charge in [0.05, 0.1) is 7.11 Å². The second-order valence-electron chi connectivity index (χ2n) is 2.65. The van der Waals surface area contributed by atoms with Gasteiger partial charge in [-0.2, -0.15) is 0 Å². The molecule has 0 atom stereocenters. The summed E-state index contributed by atoms with van der Waals surface area (Å²) in [5.74, 6) is 0.0471. The van der Waals surface area contributed by atoms with Crippen LogP contribution in [0.2, 0.25) is 0 Å². The number of ether oxygens (including phenoxy) is 1. The third kappa shape index (κ3) is 7.05. The van der Waals surface area contributed by atoms with E-state index in [1.165, 1.54) is 7.11 Å². The van der Waals surface area contributed by atoms with Gasteiger partial charge in [-0.1, -0.05) is 6.42 Å². The van der Waals surface area contributed by atoms with Crippen LogP contribution in [-0.4, -0.2) is 18.9 Å².